The smallest absolute Gasteiger partial charge is 0.242 e. The van der Waals surface area contributed by atoms with Crippen LogP contribution in [0.25, 0.3) is 0 Å². The molecule has 1 fully saturated rings. The fourth-order valence-electron chi connectivity index (χ4n) is 2.68. The van der Waals surface area contributed by atoms with Crippen molar-refractivity contribution in [2.45, 2.75) is 46.1 Å². The third kappa shape index (κ3) is 5.71. The molecule has 1 aliphatic rings. The van der Waals surface area contributed by atoms with E-state index in [1.807, 2.05) is 39.0 Å². The van der Waals surface area contributed by atoms with Gasteiger partial charge < -0.3 is 20.1 Å². The number of carbonyl (C=O) groups excluding carboxylic acids is 1. The molecule has 1 atom stereocenters. The number of anilines is 1. The van der Waals surface area contributed by atoms with Crippen LogP contribution in [0.15, 0.2) is 18.2 Å². The van der Waals surface area contributed by atoms with Crippen molar-refractivity contribution in [3.63, 3.8) is 0 Å². The summed E-state index contributed by atoms with van der Waals surface area (Å²) in [7, 11) is 0. The van der Waals surface area contributed by atoms with Crippen LogP contribution in [-0.4, -0.2) is 38.3 Å². The Balaban J connectivity index is 1.90. The molecule has 134 valence electrons. The molecule has 1 saturated heterocycles. The van der Waals surface area contributed by atoms with Gasteiger partial charge >= 0.3 is 0 Å². The zero-order valence-corrected chi connectivity index (χ0v) is 15.1. The minimum atomic E-state index is -0.275. The summed E-state index contributed by atoms with van der Waals surface area (Å²) < 4.78 is 11.4. The Morgan fingerprint density at radius 3 is 2.83 bits per heavy atom. The molecule has 2 rings (SSSR count). The van der Waals surface area contributed by atoms with E-state index in [1.165, 1.54) is 0 Å². The summed E-state index contributed by atoms with van der Waals surface area (Å²) in [4.78, 5) is 12.0. The second-order valence-corrected chi connectivity index (χ2v) is 6.50. The Labute approximate surface area is 145 Å². The van der Waals surface area contributed by atoms with Crippen molar-refractivity contribution in [3.05, 3.63) is 23.8 Å². The molecule has 2 N–H and O–H groups in total. The summed E-state index contributed by atoms with van der Waals surface area (Å²) >= 11 is 0. The van der Waals surface area contributed by atoms with Crippen LogP contribution in [0.1, 0.15) is 38.7 Å². The van der Waals surface area contributed by atoms with E-state index in [-0.39, 0.29) is 11.9 Å². The first kappa shape index (κ1) is 18.6. The van der Waals surface area contributed by atoms with Gasteiger partial charge in [-0.05, 0) is 50.7 Å². The zero-order valence-electron chi connectivity index (χ0n) is 15.1. The second kappa shape index (κ2) is 9.52. The molecule has 1 unspecified atom stereocenters. The van der Waals surface area contributed by atoms with Crippen LogP contribution >= 0.6 is 0 Å². The van der Waals surface area contributed by atoms with Crippen molar-refractivity contribution >= 4 is 11.6 Å². The zero-order chi connectivity index (χ0) is 17.4. The first-order chi connectivity index (χ1) is 11.6. The maximum Gasteiger partial charge on any atom is 0.242 e. The van der Waals surface area contributed by atoms with Crippen LogP contribution < -0.4 is 15.4 Å². The number of hydrogen-bond donors (Lipinski definition) is 2. The fourth-order valence-corrected chi connectivity index (χ4v) is 2.68. The fraction of sp³-hybridized carbons (Fsp3) is 0.632. The normalized spacial score (nSPS) is 16.5. The van der Waals surface area contributed by atoms with Crippen LogP contribution in [-0.2, 0) is 9.53 Å². The molecule has 0 aromatic heterocycles. The molecule has 1 aromatic carbocycles. The highest BCUT2D eigenvalue weighted by atomic mass is 16.5. The number of ether oxygens (including phenoxy) is 2. The van der Waals surface area contributed by atoms with Gasteiger partial charge in [-0.1, -0.05) is 13.0 Å². The molecule has 0 saturated carbocycles. The standard InChI is InChI=1S/C19H30N2O3/c1-4-9-20-19(22)15(3)21-17-6-5-14(2)18(12-17)24-13-16-7-10-23-11-8-16/h5-6,12,15-16,21H,4,7-11,13H2,1-3H3,(H,20,22). The number of hydrogen-bond acceptors (Lipinski definition) is 4. The Kier molecular flexibility index (Phi) is 7.37. The average Bonchev–Trinajstić information content (AvgIpc) is 2.60. The monoisotopic (exact) mass is 334 g/mol. The van der Waals surface area contributed by atoms with E-state index in [9.17, 15) is 4.79 Å². The summed E-state index contributed by atoms with van der Waals surface area (Å²) in [5, 5.41) is 6.15. The maximum atomic E-state index is 12.0. The highest BCUT2D eigenvalue weighted by Gasteiger charge is 2.16. The molecular weight excluding hydrogens is 304 g/mol. The van der Waals surface area contributed by atoms with Crippen LogP contribution in [0, 0.1) is 12.8 Å². The van der Waals surface area contributed by atoms with E-state index >= 15 is 0 Å². The SMILES string of the molecule is CCCNC(=O)C(C)Nc1ccc(C)c(OCC2CCOCC2)c1. The van der Waals surface area contributed by atoms with E-state index in [4.69, 9.17) is 9.47 Å². The van der Waals surface area contributed by atoms with Gasteiger partial charge in [-0.25, -0.2) is 0 Å². The number of amides is 1. The molecule has 0 spiro atoms. The van der Waals surface area contributed by atoms with E-state index in [2.05, 4.69) is 10.6 Å². The highest BCUT2D eigenvalue weighted by Crippen LogP contribution is 2.25. The predicted molar refractivity (Wildman–Crippen MR) is 96.6 cm³/mol. The summed E-state index contributed by atoms with van der Waals surface area (Å²) in [6.07, 6.45) is 3.06. The van der Waals surface area contributed by atoms with Gasteiger partial charge in [0.1, 0.15) is 11.8 Å². The number of carbonyl (C=O) groups is 1. The van der Waals surface area contributed by atoms with Crippen molar-refractivity contribution in [1.82, 2.24) is 5.32 Å². The average molecular weight is 334 g/mol. The quantitative estimate of drug-likeness (QED) is 0.767. The highest BCUT2D eigenvalue weighted by molar-refractivity contribution is 5.84. The van der Waals surface area contributed by atoms with Crippen molar-refractivity contribution in [2.75, 3.05) is 31.7 Å². The number of nitrogens with one attached hydrogen (secondary N) is 2. The third-order valence-electron chi connectivity index (χ3n) is 4.33. The molecule has 0 aliphatic carbocycles. The van der Waals surface area contributed by atoms with Gasteiger partial charge in [-0.15, -0.1) is 0 Å². The van der Waals surface area contributed by atoms with Gasteiger partial charge in [0.2, 0.25) is 5.91 Å². The summed E-state index contributed by atoms with van der Waals surface area (Å²) in [5.74, 6) is 1.46. The summed E-state index contributed by atoms with van der Waals surface area (Å²) in [6, 6.07) is 5.72. The van der Waals surface area contributed by atoms with Gasteiger partial charge in [0, 0.05) is 31.5 Å². The molecule has 24 heavy (non-hydrogen) atoms. The lowest BCUT2D eigenvalue weighted by atomic mass is 10.0. The lowest BCUT2D eigenvalue weighted by molar-refractivity contribution is -0.121. The first-order valence-electron chi connectivity index (χ1n) is 8.95. The number of benzene rings is 1. The van der Waals surface area contributed by atoms with Crippen molar-refractivity contribution in [3.8, 4) is 5.75 Å². The number of rotatable bonds is 8. The second-order valence-electron chi connectivity index (χ2n) is 6.50. The topological polar surface area (TPSA) is 59.6 Å². The van der Waals surface area contributed by atoms with Crippen LogP contribution in [0.3, 0.4) is 0 Å². The Hall–Kier alpha value is -1.75. The Bertz CT molecular complexity index is 527. The van der Waals surface area contributed by atoms with Crippen LogP contribution in [0.5, 0.6) is 5.75 Å². The lowest BCUT2D eigenvalue weighted by Crippen LogP contribution is -2.37. The molecule has 5 nitrogen and oxygen atoms in total. The molecule has 1 aromatic rings. The molecule has 1 aliphatic heterocycles. The van der Waals surface area contributed by atoms with Crippen molar-refractivity contribution < 1.29 is 14.3 Å². The Morgan fingerprint density at radius 2 is 2.12 bits per heavy atom. The lowest BCUT2D eigenvalue weighted by Gasteiger charge is -2.23. The minimum Gasteiger partial charge on any atom is -0.493 e. The van der Waals surface area contributed by atoms with Gasteiger partial charge in [0.05, 0.1) is 6.61 Å². The number of aryl methyl sites for hydroxylation is 1. The largest absolute Gasteiger partial charge is 0.493 e. The molecule has 1 amide bonds. The van der Waals surface area contributed by atoms with Crippen molar-refractivity contribution in [1.29, 1.82) is 0 Å². The van der Waals surface area contributed by atoms with Crippen molar-refractivity contribution in [2.24, 2.45) is 5.92 Å². The maximum absolute atomic E-state index is 12.0. The molecule has 0 radical (unpaired) electrons. The van der Waals surface area contributed by atoms with Crippen LogP contribution in [0.4, 0.5) is 5.69 Å². The van der Waals surface area contributed by atoms with E-state index < -0.39 is 0 Å². The van der Waals surface area contributed by atoms with Gasteiger partial charge in [0.25, 0.3) is 0 Å². The predicted octanol–water partition coefficient (Wildman–Crippen LogP) is 3.13. The molecular formula is C19H30N2O3. The first-order valence-corrected chi connectivity index (χ1v) is 8.95. The van der Waals surface area contributed by atoms with E-state index in [0.29, 0.717) is 12.5 Å². The van der Waals surface area contributed by atoms with E-state index in [0.717, 1.165) is 56.1 Å². The van der Waals surface area contributed by atoms with Gasteiger partial charge in [-0.2, -0.15) is 0 Å². The minimum absolute atomic E-state index is 0.0158. The van der Waals surface area contributed by atoms with Gasteiger partial charge in [-0.3, -0.25) is 4.79 Å². The Morgan fingerprint density at radius 1 is 1.38 bits per heavy atom. The molecule has 5 heteroatoms. The van der Waals surface area contributed by atoms with Gasteiger partial charge in [0.15, 0.2) is 0 Å². The summed E-state index contributed by atoms with van der Waals surface area (Å²) in [6.45, 7) is 9.05. The van der Waals surface area contributed by atoms with E-state index in [1.54, 1.807) is 0 Å². The van der Waals surface area contributed by atoms with Crippen LogP contribution in [0.2, 0.25) is 0 Å². The third-order valence-corrected chi connectivity index (χ3v) is 4.33. The summed E-state index contributed by atoms with van der Waals surface area (Å²) in [5.41, 5.74) is 2.01. The molecule has 0 bridgehead atoms. The molecule has 1 heterocycles.